The summed E-state index contributed by atoms with van der Waals surface area (Å²) < 4.78 is 13.6. The van der Waals surface area contributed by atoms with Crippen LogP contribution in [0.2, 0.25) is 9.26 Å². The van der Waals surface area contributed by atoms with Crippen LogP contribution in [0.15, 0.2) is 72.7 Å². The second-order valence-corrected chi connectivity index (χ2v) is 39.4. The van der Waals surface area contributed by atoms with Gasteiger partial charge in [0.25, 0.3) is 0 Å². The molecule has 0 fully saturated rings. The minimum Gasteiger partial charge on any atom is -0.147 e. The summed E-state index contributed by atoms with van der Waals surface area (Å²) in [5.74, 6) is 1.59. The van der Waals surface area contributed by atoms with Crippen molar-refractivity contribution < 1.29 is 21.8 Å². The Morgan fingerprint density at radius 1 is 0.867 bits per heavy atom. The van der Waals surface area contributed by atoms with Crippen molar-refractivity contribution >= 4 is 37.3 Å². The SMILES string of the molecule is CC1=C(C)C(C)[C]([Zr]([CH3])([CH3])(=[SiH2])[CH]2C(C)=C(c3ccco3)c3ccccc32)=C1C.Cl.Cl. The molecule has 2 aliphatic carbocycles. The monoisotopic (exact) mass is 538 g/mol. The van der Waals surface area contributed by atoms with Crippen LogP contribution in [0.4, 0.5) is 0 Å². The minimum atomic E-state index is -3.37. The fourth-order valence-corrected chi connectivity index (χ4v) is 28.0. The van der Waals surface area contributed by atoms with E-state index in [-0.39, 0.29) is 24.8 Å². The Morgan fingerprint density at radius 3 is 2.03 bits per heavy atom. The molecule has 0 amide bonds. The number of rotatable bonds is 3. The first-order chi connectivity index (χ1) is 13.0. The van der Waals surface area contributed by atoms with E-state index in [1.165, 1.54) is 27.8 Å². The maximum atomic E-state index is 5.89. The average Bonchev–Trinajstić information content (AvgIpc) is 3.28. The number of hydrogen-bond acceptors (Lipinski definition) is 1. The van der Waals surface area contributed by atoms with E-state index in [0.29, 0.717) is 9.54 Å². The molecule has 0 saturated carbocycles. The Labute approximate surface area is 196 Å². The van der Waals surface area contributed by atoms with Crippen LogP contribution in [0, 0.1) is 5.92 Å². The molecule has 162 valence electrons. The molecule has 30 heavy (non-hydrogen) atoms. The van der Waals surface area contributed by atoms with Gasteiger partial charge in [0.1, 0.15) is 0 Å². The molecule has 4 rings (SSSR count). The molecule has 0 radical (unpaired) electrons. The molecule has 1 aromatic heterocycles. The minimum absolute atomic E-state index is 0. The fraction of sp³-hybridized carbons (Fsp3) is 0.360. The molecule has 2 unspecified atom stereocenters. The number of furan rings is 1. The summed E-state index contributed by atoms with van der Waals surface area (Å²) in [6.45, 7) is 14.2. The summed E-state index contributed by atoms with van der Waals surface area (Å²) in [4.78, 5) is 0. The molecule has 0 aliphatic heterocycles. The van der Waals surface area contributed by atoms with E-state index < -0.39 is 17.4 Å². The Hall–Kier alpha value is -0.600. The van der Waals surface area contributed by atoms with Crippen LogP contribution in [-0.2, 0) is 17.4 Å². The van der Waals surface area contributed by atoms with Gasteiger partial charge in [0, 0.05) is 0 Å². The topological polar surface area (TPSA) is 13.1 Å². The summed E-state index contributed by atoms with van der Waals surface area (Å²) in [5.41, 5.74) is 10.4. The van der Waals surface area contributed by atoms with Gasteiger partial charge in [-0.15, -0.1) is 24.8 Å². The molecule has 0 N–H and O–H groups in total. The third kappa shape index (κ3) is 3.54. The van der Waals surface area contributed by atoms with E-state index >= 15 is 0 Å². The molecular weight excluding hydrogens is 506 g/mol. The number of benzene rings is 1. The molecule has 1 nitrogen and oxygen atoms in total. The summed E-state index contributed by atoms with van der Waals surface area (Å²) in [6, 6.07) is 13.2. The molecule has 2 aliphatic rings. The third-order valence-electron chi connectivity index (χ3n) is 7.59. The molecule has 0 spiro atoms. The summed E-state index contributed by atoms with van der Waals surface area (Å²) >= 11 is -3.37. The maximum absolute atomic E-state index is 5.89. The van der Waals surface area contributed by atoms with Crippen molar-refractivity contribution in [3.63, 3.8) is 0 Å². The Bertz CT molecular complexity index is 1150. The van der Waals surface area contributed by atoms with E-state index in [1.807, 2.05) is 6.07 Å². The van der Waals surface area contributed by atoms with Crippen molar-refractivity contribution in [2.75, 3.05) is 0 Å². The Morgan fingerprint density at radius 2 is 1.50 bits per heavy atom. The molecule has 5 heteroatoms. The van der Waals surface area contributed by atoms with E-state index in [4.69, 9.17) is 4.42 Å². The van der Waals surface area contributed by atoms with E-state index in [2.05, 4.69) is 81.1 Å². The second-order valence-electron chi connectivity index (χ2n) is 9.93. The second kappa shape index (κ2) is 8.39. The Kier molecular flexibility index (Phi) is 7.18. The van der Waals surface area contributed by atoms with Crippen LogP contribution >= 0.6 is 24.8 Å². The molecule has 2 aromatic rings. The number of halogens is 2. The van der Waals surface area contributed by atoms with Crippen molar-refractivity contribution in [1.82, 2.24) is 0 Å². The van der Waals surface area contributed by atoms with Gasteiger partial charge in [0.2, 0.25) is 0 Å². The largest absolute Gasteiger partial charge is 0.147 e. The molecule has 0 bridgehead atoms. The zero-order chi connectivity index (χ0) is 20.5. The maximum Gasteiger partial charge on any atom is -0.147 e. The van der Waals surface area contributed by atoms with Crippen molar-refractivity contribution in [2.45, 2.75) is 47.5 Å². The van der Waals surface area contributed by atoms with Gasteiger partial charge in [-0.3, -0.25) is 0 Å². The van der Waals surface area contributed by atoms with Gasteiger partial charge in [0.05, 0.1) is 0 Å². The third-order valence-corrected chi connectivity index (χ3v) is 25.0. The van der Waals surface area contributed by atoms with Gasteiger partial charge in [-0.25, -0.2) is 0 Å². The fourth-order valence-electron chi connectivity index (χ4n) is 6.35. The van der Waals surface area contributed by atoms with E-state index in [9.17, 15) is 0 Å². The van der Waals surface area contributed by atoms with Crippen molar-refractivity contribution in [3.8, 4) is 0 Å². The first-order valence-electron chi connectivity index (χ1n) is 10.3. The van der Waals surface area contributed by atoms with Crippen molar-refractivity contribution in [2.24, 2.45) is 5.92 Å². The van der Waals surface area contributed by atoms with Gasteiger partial charge in [-0.05, 0) is 0 Å². The van der Waals surface area contributed by atoms with Gasteiger partial charge < -0.3 is 0 Å². The molecule has 1 heterocycles. The first-order valence-corrected chi connectivity index (χ1v) is 23.8. The van der Waals surface area contributed by atoms with Gasteiger partial charge in [0.15, 0.2) is 0 Å². The van der Waals surface area contributed by atoms with Crippen LogP contribution in [-0.4, -0.2) is 6.88 Å². The number of allylic oxidation sites excluding steroid dienone is 5. The quantitative estimate of drug-likeness (QED) is 0.366. The smallest absolute Gasteiger partial charge is 0.147 e. The Balaban J connectivity index is 0.00000160. The van der Waals surface area contributed by atoms with Crippen LogP contribution in [0.3, 0.4) is 0 Å². The van der Waals surface area contributed by atoms with Crippen molar-refractivity contribution in [1.29, 1.82) is 0 Å². The normalized spacial score (nSPS) is 21.6. The molecule has 2 atom stereocenters. The standard InChI is InChI=1S/C14H11O.C9H13.2CH3.2ClH.H2Si.Zr/c1-10-9-11-5-2-3-6-12(11)14(10)13-7-4-8-15-13;1-6-5-7(2)9(4)8(6)3;;;;;;/h2-9H,1H3;6H,1-4H3;2*1H3;2*1H;1H2;. The first kappa shape index (κ1) is 25.7. The van der Waals surface area contributed by atoms with Gasteiger partial charge >= 0.3 is 173 Å². The number of hydrogen-bond donors (Lipinski definition) is 0. The van der Waals surface area contributed by atoms with Crippen LogP contribution in [0.5, 0.6) is 0 Å². The van der Waals surface area contributed by atoms with Crippen LogP contribution in [0.25, 0.3) is 5.57 Å². The van der Waals surface area contributed by atoms with E-state index in [0.717, 1.165) is 5.76 Å². The predicted molar refractivity (Wildman–Crippen MR) is 135 cm³/mol. The molecular formula is C25H34Cl2OSiZr. The van der Waals surface area contributed by atoms with Gasteiger partial charge in [-0.1, -0.05) is 0 Å². The van der Waals surface area contributed by atoms with Crippen LogP contribution in [0.1, 0.15) is 55.1 Å². The summed E-state index contributed by atoms with van der Waals surface area (Å²) in [5, 5.41) is 0. The summed E-state index contributed by atoms with van der Waals surface area (Å²) in [7, 11) is 0. The summed E-state index contributed by atoms with van der Waals surface area (Å²) in [6.07, 6.45) is 1.80. The molecule has 1 aromatic carbocycles. The van der Waals surface area contributed by atoms with Crippen LogP contribution < -0.4 is 0 Å². The predicted octanol–water partition coefficient (Wildman–Crippen LogP) is 7.59. The van der Waals surface area contributed by atoms with E-state index in [1.54, 1.807) is 20.7 Å². The van der Waals surface area contributed by atoms with Crippen molar-refractivity contribution in [3.05, 3.63) is 85.1 Å². The zero-order valence-electron chi connectivity index (χ0n) is 19.1. The molecule has 0 saturated heterocycles. The average molecular weight is 541 g/mol. The zero-order valence-corrected chi connectivity index (χ0v) is 24.6. The number of fused-ring (bicyclic) bond motifs is 1. The van der Waals surface area contributed by atoms with Gasteiger partial charge in [-0.2, -0.15) is 0 Å².